The maximum absolute atomic E-state index is 13.5. The van der Waals surface area contributed by atoms with Crippen LogP contribution in [0.3, 0.4) is 0 Å². The van der Waals surface area contributed by atoms with E-state index in [1.54, 1.807) is 28.8 Å². The third-order valence-corrected chi connectivity index (χ3v) is 6.70. The molecule has 0 spiro atoms. The van der Waals surface area contributed by atoms with E-state index in [0.29, 0.717) is 62.2 Å². The zero-order valence-electron chi connectivity index (χ0n) is 17.6. The summed E-state index contributed by atoms with van der Waals surface area (Å²) in [7, 11) is 1.76. The van der Waals surface area contributed by atoms with E-state index in [-0.39, 0.29) is 18.0 Å². The van der Waals surface area contributed by atoms with Crippen LogP contribution in [0.4, 0.5) is 0 Å². The molecule has 1 amide bonds. The Morgan fingerprint density at radius 3 is 2.75 bits per heavy atom. The number of nitrogens with zero attached hydrogens (tertiary/aromatic N) is 4. The molecule has 0 aliphatic carbocycles. The maximum atomic E-state index is 13.5. The molecule has 0 atom stereocenters. The van der Waals surface area contributed by atoms with Gasteiger partial charge in [-0.3, -0.25) is 9.59 Å². The lowest BCUT2D eigenvalue weighted by Gasteiger charge is -2.30. The third-order valence-electron chi connectivity index (χ3n) is 5.97. The molecule has 4 aromatic rings. The molecule has 0 fully saturated rings. The molecule has 164 valence electrons. The van der Waals surface area contributed by atoms with E-state index in [1.807, 2.05) is 13.8 Å². The van der Waals surface area contributed by atoms with Crippen molar-refractivity contribution >= 4 is 40.1 Å². The number of rotatable bonds is 3. The molecule has 0 saturated carbocycles. The molecule has 1 aliphatic heterocycles. The Hall–Kier alpha value is -3.10. The summed E-state index contributed by atoms with van der Waals surface area (Å²) in [5, 5.41) is 9.68. The van der Waals surface area contributed by atoms with E-state index in [9.17, 15) is 9.59 Å². The zero-order valence-corrected chi connectivity index (χ0v) is 19.1. The standard InChI is InChI=1S/C22H19Cl2N5O3/c1-10-12-5-7-32-20(12)15(21(30)25-10)9-29-6-4-13-16(23)8-14(18(24)17(13)22(29)31)19-11(2)26-27-28(19)3/h5,7-8H,4,6,9H2,1-3H3,(H,25,30). The van der Waals surface area contributed by atoms with Crippen LogP contribution < -0.4 is 5.56 Å². The van der Waals surface area contributed by atoms with Crippen LogP contribution in [0, 0.1) is 13.8 Å². The number of nitrogens with one attached hydrogen (secondary N) is 1. The monoisotopic (exact) mass is 471 g/mol. The molecule has 4 heterocycles. The van der Waals surface area contributed by atoms with Gasteiger partial charge in [-0.1, -0.05) is 28.4 Å². The lowest BCUT2D eigenvalue weighted by atomic mass is 9.94. The van der Waals surface area contributed by atoms with Crippen molar-refractivity contribution < 1.29 is 9.21 Å². The second-order valence-corrected chi connectivity index (χ2v) is 8.70. The second kappa shape index (κ2) is 7.50. The second-order valence-electron chi connectivity index (χ2n) is 7.92. The average Bonchev–Trinajstić information content (AvgIpc) is 3.36. The number of aromatic nitrogens is 4. The van der Waals surface area contributed by atoms with Crippen LogP contribution in [0.2, 0.25) is 10.0 Å². The fourth-order valence-corrected chi connectivity index (χ4v) is 5.02. The lowest BCUT2D eigenvalue weighted by Crippen LogP contribution is -2.39. The molecular weight excluding hydrogens is 453 g/mol. The number of hydrogen-bond donors (Lipinski definition) is 1. The van der Waals surface area contributed by atoms with Crippen LogP contribution in [0.25, 0.3) is 22.2 Å². The smallest absolute Gasteiger partial charge is 0.256 e. The number of aromatic amines is 1. The van der Waals surface area contributed by atoms with Gasteiger partial charge in [0.05, 0.1) is 40.3 Å². The first kappa shape index (κ1) is 20.8. The van der Waals surface area contributed by atoms with Crippen molar-refractivity contribution in [3.05, 3.63) is 66.9 Å². The van der Waals surface area contributed by atoms with Gasteiger partial charge < -0.3 is 14.3 Å². The zero-order chi connectivity index (χ0) is 22.7. The molecule has 3 aromatic heterocycles. The third kappa shape index (κ3) is 3.05. The molecular formula is C22H19Cl2N5O3. The first-order chi connectivity index (χ1) is 15.3. The Kier molecular flexibility index (Phi) is 4.87. The summed E-state index contributed by atoms with van der Waals surface area (Å²) in [5.74, 6) is -0.285. The Morgan fingerprint density at radius 2 is 2.03 bits per heavy atom. The number of pyridine rings is 1. The van der Waals surface area contributed by atoms with Crippen molar-refractivity contribution in [2.45, 2.75) is 26.8 Å². The van der Waals surface area contributed by atoms with Crippen molar-refractivity contribution in [2.75, 3.05) is 6.54 Å². The highest BCUT2D eigenvalue weighted by Crippen LogP contribution is 2.40. The van der Waals surface area contributed by atoms with E-state index in [4.69, 9.17) is 27.6 Å². The summed E-state index contributed by atoms with van der Waals surface area (Å²) in [6.45, 7) is 4.13. The van der Waals surface area contributed by atoms with Gasteiger partial charge in [-0.05, 0) is 38.0 Å². The summed E-state index contributed by atoms with van der Waals surface area (Å²) in [6, 6.07) is 3.55. The fourth-order valence-electron chi connectivity index (χ4n) is 4.38. The SMILES string of the molecule is Cc1nnn(C)c1-c1cc(Cl)c2c(c1Cl)C(=O)N(Cc1c(=O)[nH]c(C)c3ccoc13)CC2. The maximum Gasteiger partial charge on any atom is 0.256 e. The summed E-state index contributed by atoms with van der Waals surface area (Å²) in [5.41, 5.74) is 4.34. The van der Waals surface area contributed by atoms with Gasteiger partial charge in [0, 0.05) is 35.3 Å². The topological polar surface area (TPSA) is 97.0 Å². The average molecular weight is 472 g/mol. The van der Waals surface area contributed by atoms with Crippen LogP contribution in [-0.4, -0.2) is 37.3 Å². The van der Waals surface area contributed by atoms with Crippen LogP contribution in [0.15, 0.2) is 27.6 Å². The minimum atomic E-state index is -0.285. The number of furan rings is 1. The largest absolute Gasteiger partial charge is 0.464 e. The Balaban J connectivity index is 1.60. The number of amides is 1. The summed E-state index contributed by atoms with van der Waals surface area (Å²) in [6.07, 6.45) is 2.06. The van der Waals surface area contributed by atoms with Gasteiger partial charge >= 0.3 is 0 Å². The minimum Gasteiger partial charge on any atom is -0.464 e. The predicted octanol–water partition coefficient (Wildman–Crippen LogP) is 4.04. The van der Waals surface area contributed by atoms with E-state index in [1.165, 1.54) is 6.26 Å². The Morgan fingerprint density at radius 1 is 1.25 bits per heavy atom. The Bertz CT molecular complexity index is 1450. The highest BCUT2D eigenvalue weighted by atomic mass is 35.5. The number of hydrogen-bond acceptors (Lipinski definition) is 5. The van der Waals surface area contributed by atoms with Crippen molar-refractivity contribution in [1.82, 2.24) is 24.9 Å². The number of H-pyrrole nitrogens is 1. The molecule has 1 aliphatic rings. The highest BCUT2D eigenvalue weighted by molar-refractivity contribution is 6.39. The van der Waals surface area contributed by atoms with Crippen molar-refractivity contribution in [3.8, 4) is 11.3 Å². The molecule has 0 bridgehead atoms. The molecule has 0 saturated heterocycles. The number of halogens is 2. The molecule has 0 radical (unpaired) electrons. The lowest BCUT2D eigenvalue weighted by molar-refractivity contribution is 0.0727. The van der Waals surface area contributed by atoms with Crippen molar-refractivity contribution in [2.24, 2.45) is 7.05 Å². The molecule has 1 N–H and O–H groups in total. The van der Waals surface area contributed by atoms with Crippen molar-refractivity contribution in [1.29, 1.82) is 0 Å². The van der Waals surface area contributed by atoms with Gasteiger partial charge in [-0.25, -0.2) is 4.68 Å². The molecule has 1 aromatic carbocycles. The molecule has 0 unspecified atom stereocenters. The van der Waals surface area contributed by atoms with Crippen LogP contribution in [0.5, 0.6) is 0 Å². The number of aryl methyl sites for hydroxylation is 3. The highest BCUT2D eigenvalue weighted by Gasteiger charge is 2.32. The number of carbonyl (C=O) groups is 1. The summed E-state index contributed by atoms with van der Waals surface area (Å²) < 4.78 is 7.17. The summed E-state index contributed by atoms with van der Waals surface area (Å²) in [4.78, 5) is 30.6. The van der Waals surface area contributed by atoms with Crippen LogP contribution in [0.1, 0.15) is 32.9 Å². The molecule has 5 rings (SSSR count). The van der Waals surface area contributed by atoms with E-state index in [0.717, 1.165) is 11.1 Å². The first-order valence-electron chi connectivity index (χ1n) is 10.0. The van der Waals surface area contributed by atoms with Crippen LogP contribution >= 0.6 is 23.2 Å². The first-order valence-corrected chi connectivity index (χ1v) is 10.8. The van der Waals surface area contributed by atoms with Crippen LogP contribution in [-0.2, 0) is 20.0 Å². The van der Waals surface area contributed by atoms with Gasteiger partial charge in [0.2, 0.25) is 0 Å². The van der Waals surface area contributed by atoms with Gasteiger partial charge in [0.15, 0.2) is 0 Å². The minimum absolute atomic E-state index is 0.0996. The van der Waals surface area contributed by atoms with E-state index < -0.39 is 0 Å². The molecule has 32 heavy (non-hydrogen) atoms. The summed E-state index contributed by atoms with van der Waals surface area (Å²) >= 11 is 13.3. The quantitative estimate of drug-likeness (QED) is 0.486. The number of carbonyl (C=O) groups excluding carboxylic acids is 1. The Labute approximate surface area is 192 Å². The predicted molar refractivity (Wildman–Crippen MR) is 121 cm³/mol. The normalized spacial score (nSPS) is 13.8. The van der Waals surface area contributed by atoms with Crippen molar-refractivity contribution in [3.63, 3.8) is 0 Å². The van der Waals surface area contributed by atoms with Gasteiger partial charge in [0.1, 0.15) is 5.58 Å². The van der Waals surface area contributed by atoms with Gasteiger partial charge in [-0.15, -0.1) is 5.10 Å². The number of benzene rings is 1. The van der Waals surface area contributed by atoms with Gasteiger partial charge in [-0.2, -0.15) is 0 Å². The fraction of sp³-hybridized carbons (Fsp3) is 0.273. The van der Waals surface area contributed by atoms with E-state index in [2.05, 4.69) is 15.3 Å². The van der Waals surface area contributed by atoms with Gasteiger partial charge in [0.25, 0.3) is 11.5 Å². The van der Waals surface area contributed by atoms with E-state index >= 15 is 0 Å². The molecule has 10 heteroatoms. The number of fused-ring (bicyclic) bond motifs is 2. The molecule has 8 nitrogen and oxygen atoms in total.